The molecule has 0 aliphatic carbocycles. The van der Waals surface area contributed by atoms with E-state index in [0.29, 0.717) is 24.5 Å². The Kier molecular flexibility index (Phi) is 4.31. The van der Waals surface area contributed by atoms with Gasteiger partial charge in [-0.15, -0.1) is 22.7 Å². The average molecular weight is 357 g/mol. The van der Waals surface area contributed by atoms with Gasteiger partial charge < -0.3 is 5.32 Å². The topological polar surface area (TPSA) is 79.4 Å². The Morgan fingerprint density at radius 1 is 1.45 bits per heavy atom. The zero-order chi connectivity index (χ0) is 15.7. The molecule has 0 aromatic carbocycles. The van der Waals surface area contributed by atoms with Crippen molar-refractivity contribution in [2.24, 2.45) is 0 Å². The van der Waals surface area contributed by atoms with Crippen LogP contribution >= 0.6 is 22.7 Å². The van der Waals surface area contributed by atoms with E-state index in [-0.39, 0.29) is 5.91 Å². The van der Waals surface area contributed by atoms with Gasteiger partial charge in [-0.1, -0.05) is 6.07 Å². The van der Waals surface area contributed by atoms with Crippen molar-refractivity contribution in [2.75, 3.05) is 18.1 Å². The molecule has 2 aromatic heterocycles. The van der Waals surface area contributed by atoms with E-state index in [1.165, 1.54) is 15.6 Å². The third kappa shape index (κ3) is 3.22. The molecule has 3 rings (SSSR count). The molecule has 2 aromatic rings. The van der Waals surface area contributed by atoms with Gasteiger partial charge in [0.15, 0.2) is 5.13 Å². The fourth-order valence-corrected chi connectivity index (χ4v) is 5.05. The van der Waals surface area contributed by atoms with Gasteiger partial charge in [-0.3, -0.25) is 4.79 Å². The Bertz CT molecular complexity index is 768. The molecular formula is C13H15N3O3S3. The lowest BCUT2D eigenvalue weighted by atomic mass is 10.2. The maximum Gasteiger partial charge on any atom is 0.244 e. The van der Waals surface area contributed by atoms with E-state index in [1.807, 2.05) is 22.9 Å². The maximum atomic E-state index is 12.3. The first-order valence-corrected chi connectivity index (χ1v) is 10.3. The molecule has 3 heterocycles. The summed E-state index contributed by atoms with van der Waals surface area (Å²) in [4.78, 5) is 17.7. The zero-order valence-corrected chi connectivity index (χ0v) is 14.3. The number of hydrogen-bond acceptors (Lipinski definition) is 6. The molecule has 0 saturated carbocycles. The third-order valence-corrected chi connectivity index (χ3v) is 6.38. The lowest BCUT2D eigenvalue weighted by molar-refractivity contribution is -0.119. The van der Waals surface area contributed by atoms with Crippen LogP contribution in [-0.4, -0.2) is 42.5 Å². The number of amides is 1. The largest absolute Gasteiger partial charge is 0.301 e. The minimum Gasteiger partial charge on any atom is -0.301 e. The van der Waals surface area contributed by atoms with Crippen molar-refractivity contribution >= 4 is 43.7 Å². The minimum atomic E-state index is -3.36. The van der Waals surface area contributed by atoms with E-state index in [2.05, 4.69) is 10.3 Å². The highest BCUT2D eigenvalue weighted by Gasteiger charge is 2.36. The highest BCUT2D eigenvalue weighted by molar-refractivity contribution is 7.88. The Hall–Kier alpha value is -1.29. The molecule has 1 aliphatic rings. The number of aromatic nitrogens is 1. The molecule has 22 heavy (non-hydrogen) atoms. The van der Waals surface area contributed by atoms with Crippen LogP contribution in [0.15, 0.2) is 22.9 Å². The van der Waals surface area contributed by atoms with E-state index < -0.39 is 16.1 Å². The summed E-state index contributed by atoms with van der Waals surface area (Å²) in [6, 6.07) is 3.28. The highest BCUT2D eigenvalue weighted by atomic mass is 32.2. The zero-order valence-electron chi connectivity index (χ0n) is 11.9. The first-order chi connectivity index (χ1) is 10.4. The Morgan fingerprint density at radius 3 is 2.95 bits per heavy atom. The second-order valence-electron chi connectivity index (χ2n) is 5.04. The summed E-state index contributed by atoms with van der Waals surface area (Å²) in [5.41, 5.74) is 0.821. The van der Waals surface area contributed by atoms with E-state index in [9.17, 15) is 13.2 Å². The second-order valence-corrected chi connectivity index (χ2v) is 8.78. The van der Waals surface area contributed by atoms with Gasteiger partial charge in [-0.05, 0) is 24.3 Å². The van der Waals surface area contributed by atoms with Crippen LogP contribution in [-0.2, 0) is 14.8 Å². The minimum absolute atomic E-state index is 0.310. The fourth-order valence-electron chi connectivity index (χ4n) is 2.46. The summed E-state index contributed by atoms with van der Waals surface area (Å²) in [7, 11) is -3.36. The van der Waals surface area contributed by atoms with Gasteiger partial charge in [-0.25, -0.2) is 13.4 Å². The van der Waals surface area contributed by atoms with Crippen molar-refractivity contribution in [3.05, 3.63) is 22.9 Å². The molecule has 0 bridgehead atoms. The Balaban J connectivity index is 1.72. The summed E-state index contributed by atoms with van der Waals surface area (Å²) in [5, 5.41) is 7.08. The van der Waals surface area contributed by atoms with Crippen molar-refractivity contribution in [2.45, 2.75) is 18.9 Å². The molecule has 9 heteroatoms. The summed E-state index contributed by atoms with van der Waals surface area (Å²) >= 11 is 2.92. The summed E-state index contributed by atoms with van der Waals surface area (Å²) in [6.07, 6.45) is 2.38. The SMILES string of the molecule is CS(=O)(=O)N1CCC[C@@H]1C(=O)Nc1nc(-c2cccs2)cs1. The van der Waals surface area contributed by atoms with Crippen molar-refractivity contribution < 1.29 is 13.2 Å². The number of thiophene rings is 1. The first-order valence-electron chi connectivity index (χ1n) is 6.72. The molecule has 6 nitrogen and oxygen atoms in total. The van der Waals surface area contributed by atoms with Crippen LogP contribution in [0, 0.1) is 0 Å². The highest BCUT2D eigenvalue weighted by Crippen LogP contribution is 2.29. The van der Waals surface area contributed by atoms with Crippen LogP contribution in [0.1, 0.15) is 12.8 Å². The average Bonchev–Trinajstić information content (AvgIpc) is 3.19. The molecule has 1 aliphatic heterocycles. The van der Waals surface area contributed by atoms with Gasteiger partial charge in [0.05, 0.1) is 16.8 Å². The predicted octanol–water partition coefficient (Wildman–Crippen LogP) is 2.23. The van der Waals surface area contributed by atoms with Gasteiger partial charge >= 0.3 is 0 Å². The van der Waals surface area contributed by atoms with E-state index in [0.717, 1.165) is 16.8 Å². The number of anilines is 1. The van der Waals surface area contributed by atoms with Crippen LogP contribution in [0.2, 0.25) is 0 Å². The van der Waals surface area contributed by atoms with Gasteiger partial charge in [-0.2, -0.15) is 4.31 Å². The van der Waals surface area contributed by atoms with E-state index in [4.69, 9.17) is 0 Å². The molecular weight excluding hydrogens is 342 g/mol. The fraction of sp³-hybridized carbons (Fsp3) is 0.385. The number of nitrogens with one attached hydrogen (secondary N) is 1. The van der Waals surface area contributed by atoms with Gasteiger partial charge in [0.1, 0.15) is 6.04 Å². The Morgan fingerprint density at radius 2 is 2.27 bits per heavy atom. The number of carbonyl (C=O) groups excluding carboxylic acids is 1. The lowest BCUT2D eigenvalue weighted by Crippen LogP contribution is -2.42. The smallest absolute Gasteiger partial charge is 0.244 e. The van der Waals surface area contributed by atoms with Crippen LogP contribution in [0.4, 0.5) is 5.13 Å². The van der Waals surface area contributed by atoms with Crippen LogP contribution in [0.3, 0.4) is 0 Å². The molecule has 1 fully saturated rings. The predicted molar refractivity (Wildman–Crippen MR) is 88.6 cm³/mol. The van der Waals surface area contributed by atoms with Crippen LogP contribution in [0.25, 0.3) is 10.6 Å². The van der Waals surface area contributed by atoms with Gasteiger partial charge in [0, 0.05) is 11.9 Å². The summed E-state index contributed by atoms with van der Waals surface area (Å²) in [5.74, 6) is -0.310. The van der Waals surface area contributed by atoms with Crippen LogP contribution < -0.4 is 5.32 Å². The summed E-state index contributed by atoms with van der Waals surface area (Å²) in [6.45, 7) is 0.398. The monoisotopic (exact) mass is 357 g/mol. The van der Waals surface area contributed by atoms with Gasteiger partial charge in [0.25, 0.3) is 0 Å². The third-order valence-electron chi connectivity index (χ3n) is 3.44. The Labute approximate surface area is 136 Å². The van der Waals surface area contributed by atoms with Crippen LogP contribution in [0.5, 0.6) is 0 Å². The molecule has 1 amide bonds. The quantitative estimate of drug-likeness (QED) is 0.910. The molecule has 0 radical (unpaired) electrons. The number of hydrogen-bond donors (Lipinski definition) is 1. The van der Waals surface area contributed by atoms with Crippen molar-refractivity contribution in [1.29, 1.82) is 0 Å². The summed E-state index contributed by atoms with van der Waals surface area (Å²) < 4.78 is 24.6. The molecule has 0 spiro atoms. The van der Waals surface area contributed by atoms with Crippen molar-refractivity contribution in [1.82, 2.24) is 9.29 Å². The maximum absolute atomic E-state index is 12.3. The number of rotatable bonds is 4. The number of sulfonamides is 1. The second kappa shape index (κ2) is 6.07. The first kappa shape index (κ1) is 15.6. The molecule has 0 unspecified atom stereocenters. The number of thiazole rings is 1. The van der Waals surface area contributed by atoms with E-state index in [1.54, 1.807) is 11.3 Å². The van der Waals surface area contributed by atoms with E-state index >= 15 is 0 Å². The van der Waals surface area contributed by atoms with Crippen molar-refractivity contribution in [3.63, 3.8) is 0 Å². The molecule has 1 atom stereocenters. The van der Waals surface area contributed by atoms with Gasteiger partial charge in [0.2, 0.25) is 15.9 Å². The number of carbonyl (C=O) groups is 1. The molecule has 1 saturated heterocycles. The lowest BCUT2D eigenvalue weighted by Gasteiger charge is -2.20. The normalized spacial score (nSPS) is 19.4. The standard InChI is InChI=1S/C13H15N3O3S3/c1-22(18,19)16-6-2-4-10(16)12(17)15-13-14-9(8-21-13)11-5-3-7-20-11/h3,5,7-8,10H,2,4,6H2,1H3,(H,14,15,17)/t10-/m1/s1. The van der Waals surface area contributed by atoms with Crippen molar-refractivity contribution in [3.8, 4) is 10.6 Å². The molecule has 1 N–H and O–H groups in total. The molecule has 118 valence electrons. The number of nitrogens with zero attached hydrogens (tertiary/aromatic N) is 2.